The highest BCUT2D eigenvalue weighted by atomic mass is 32.2. The monoisotopic (exact) mass is 153 g/mol. The van der Waals surface area contributed by atoms with Gasteiger partial charge in [0, 0.05) is 6.54 Å². The molecule has 0 unspecified atom stereocenters. The Morgan fingerprint density at radius 2 is 2.00 bits per heavy atom. The summed E-state index contributed by atoms with van der Waals surface area (Å²) in [5, 5.41) is 4.64. The largest absolute Gasteiger partial charge is 0.289 e. The molecule has 0 aromatic rings. The maximum atomic E-state index is 10.3. The van der Waals surface area contributed by atoms with Crippen LogP contribution in [0.3, 0.4) is 0 Å². The zero-order chi connectivity index (χ0) is 7.49. The van der Waals surface area contributed by atoms with E-state index in [4.69, 9.17) is 5.84 Å². The van der Waals surface area contributed by atoms with Crippen LogP contribution in [0, 0.1) is 0 Å². The molecule has 0 rings (SSSR count). The molecule has 0 bridgehead atoms. The van der Waals surface area contributed by atoms with Crippen LogP contribution in [0.25, 0.3) is 0 Å². The summed E-state index contributed by atoms with van der Waals surface area (Å²) in [7, 11) is -3.65. The molecule has 0 aromatic carbocycles. The Labute approximate surface area is 54.8 Å². The number of hydrogen-bond donors (Lipinski definition) is 2. The van der Waals surface area contributed by atoms with Gasteiger partial charge in [-0.2, -0.15) is 8.42 Å². The fourth-order valence-corrected chi connectivity index (χ4v) is 0.785. The van der Waals surface area contributed by atoms with Gasteiger partial charge in [-0.15, -0.1) is 4.41 Å². The molecule has 0 fully saturated rings. The molecule has 0 heterocycles. The summed E-state index contributed by atoms with van der Waals surface area (Å²) in [6.45, 7) is 2.07. The fourth-order valence-electron chi connectivity index (χ4n) is 0.348. The van der Waals surface area contributed by atoms with E-state index in [-0.39, 0.29) is 6.54 Å². The van der Waals surface area contributed by atoms with Crippen LogP contribution in [-0.2, 0) is 10.2 Å². The van der Waals surface area contributed by atoms with E-state index in [0.29, 0.717) is 10.8 Å². The maximum Gasteiger partial charge on any atom is 0.289 e. The van der Waals surface area contributed by atoms with Crippen molar-refractivity contribution >= 4 is 10.2 Å². The standard InChI is InChI=1S/C3H11N3O2S/c1-2-3-6(4)9(5,7)8/h2-4H2,1H3,(H2,5,7,8). The van der Waals surface area contributed by atoms with Crippen LogP contribution in [0.5, 0.6) is 0 Å². The van der Waals surface area contributed by atoms with Crippen molar-refractivity contribution in [2.24, 2.45) is 11.0 Å². The third-order valence-electron chi connectivity index (χ3n) is 0.771. The number of nitrogens with zero attached hydrogens (tertiary/aromatic N) is 1. The lowest BCUT2D eigenvalue weighted by Gasteiger charge is -2.10. The second-order valence-corrected chi connectivity index (χ2v) is 3.15. The molecule has 0 saturated heterocycles. The average molecular weight is 153 g/mol. The van der Waals surface area contributed by atoms with Gasteiger partial charge in [0.1, 0.15) is 0 Å². The van der Waals surface area contributed by atoms with Gasteiger partial charge in [0.25, 0.3) is 10.2 Å². The number of rotatable bonds is 3. The second kappa shape index (κ2) is 3.11. The summed E-state index contributed by atoms with van der Waals surface area (Å²) in [4.78, 5) is 0. The minimum Gasteiger partial charge on any atom is -0.254 e. The third kappa shape index (κ3) is 3.41. The van der Waals surface area contributed by atoms with Crippen LogP contribution in [0.1, 0.15) is 13.3 Å². The Bertz CT molecular complexity index is 164. The first-order valence-electron chi connectivity index (χ1n) is 2.53. The van der Waals surface area contributed by atoms with Crippen molar-refractivity contribution in [1.82, 2.24) is 4.41 Å². The van der Waals surface area contributed by atoms with Crippen molar-refractivity contribution in [1.29, 1.82) is 0 Å². The maximum absolute atomic E-state index is 10.3. The van der Waals surface area contributed by atoms with Gasteiger partial charge in [0.2, 0.25) is 0 Å². The zero-order valence-electron chi connectivity index (χ0n) is 5.24. The molecule has 0 aliphatic heterocycles. The SMILES string of the molecule is CCCN(N)S(N)(=O)=O. The van der Waals surface area contributed by atoms with E-state index in [0.717, 1.165) is 0 Å². The summed E-state index contributed by atoms with van der Waals surface area (Å²) < 4.78 is 21.2. The Balaban J connectivity index is 3.90. The smallest absolute Gasteiger partial charge is 0.254 e. The van der Waals surface area contributed by atoms with Gasteiger partial charge in [0.05, 0.1) is 0 Å². The predicted octanol–water partition coefficient (Wildman–Crippen LogP) is -1.22. The van der Waals surface area contributed by atoms with Crippen molar-refractivity contribution in [3.05, 3.63) is 0 Å². The van der Waals surface area contributed by atoms with Crippen LogP contribution in [-0.4, -0.2) is 19.4 Å². The van der Waals surface area contributed by atoms with E-state index in [1.807, 2.05) is 6.92 Å². The first-order valence-corrected chi connectivity index (χ1v) is 4.04. The van der Waals surface area contributed by atoms with Crippen LogP contribution in [0.2, 0.25) is 0 Å². The second-order valence-electron chi connectivity index (χ2n) is 1.66. The molecule has 5 nitrogen and oxygen atoms in total. The topological polar surface area (TPSA) is 89.4 Å². The molecule has 0 saturated carbocycles. The van der Waals surface area contributed by atoms with E-state index in [1.54, 1.807) is 0 Å². The minimum atomic E-state index is -3.65. The van der Waals surface area contributed by atoms with Crippen molar-refractivity contribution < 1.29 is 8.42 Å². The number of hydrogen-bond acceptors (Lipinski definition) is 3. The summed E-state index contributed by atoms with van der Waals surface area (Å²) in [6, 6.07) is 0. The van der Waals surface area contributed by atoms with Crippen molar-refractivity contribution in [3.8, 4) is 0 Å². The predicted molar refractivity (Wildman–Crippen MR) is 34.3 cm³/mol. The molecule has 0 aliphatic rings. The Kier molecular flexibility index (Phi) is 3.06. The average Bonchev–Trinajstić information content (AvgIpc) is 1.64. The van der Waals surface area contributed by atoms with Gasteiger partial charge in [-0.25, -0.2) is 5.14 Å². The molecule has 0 aromatic heterocycles. The summed E-state index contributed by atoms with van der Waals surface area (Å²) in [5.74, 6) is 4.98. The van der Waals surface area contributed by atoms with Crippen molar-refractivity contribution in [3.63, 3.8) is 0 Å². The van der Waals surface area contributed by atoms with Gasteiger partial charge >= 0.3 is 0 Å². The van der Waals surface area contributed by atoms with E-state index in [1.165, 1.54) is 0 Å². The van der Waals surface area contributed by atoms with Crippen LogP contribution >= 0.6 is 0 Å². The highest BCUT2D eigenvalue weighted by molar-refractivity contribution is 7.86. The first kappa shape index (κ1) is 8.83. The molecule has 0 aliphatic carbocycles. The summed E-state index contributed by atoms with van der Waals surface area (Å²) >= 11 is 0. The molecule has 56 valence electrons. The zero-order valence-corrected chi connectivity index (χ0v) is 6.06. The molecule has 0 atom stereocenters. The van der Waals surface area contributed by atoms with E-state index < -0.39 is 10.2 Å². The van der Waals surface area contributed by atoms with E-state index in [9.17, 15) is 8.42 Å². The highest BCUT2D eigenvalue weighted by Gasteiger charge is 2.09. The summed E-state index contributed by atoms with van der Waals surface area (Å²) in [5.41, 5.74) is 0. The molecule has 4 N–H and O–H groups in total. The lowest BCUT2D eigenvalue weighted by atomic mass is 10.5. The molecular weight excluding hydrogens is 142 g/mol. The lowest BCUT2D eigenvalue weighted by Crippen LogP contribution is -2.42. The summed E-state index contributed by atoms with van der Waals surface area (Å²) in [6.07, 6.45) is 0.660. The molecule has 0 amide bonds. The number of hydrazine groups is 1. The van der Waals surface area contributed by atoms with Crippen molar-refractivity contribution in [2.75, 3.05) is 6.54 Å². The Morgan fingerprint density at radius 1 is 1.56 bits per heavy atom. The quantitative estimate of drug-likeness (QED) is 0.393. The van der Waals surface area contributed by atoms with Crippen LogP contribution < -0.4 is 11.0 Å². The van der Waals surface area contributed by atoms with Gasteiger partial charge < -0.3 is 0 Å². The molecule has 6 heteroatoms. The van der Waals surface area contributed by atoms with Gasteiger partial charge in [-0.3, -0.25) is 5.84 Å². The first-order chi connectivity index (χ1) is 3.98. The van der Waals surface area contributed by atoms with Crippen LogP contribution in [0.4, 0.5) is 0 Å². The van der Waals surface area contributed by atoms with Gasteiger partial charge in [-0.05, 0) is 6.42 Å². The lowest BCUT2D eigenvalue weighted by molar-refractivity contribution is 0.426. The van der Waals surface area contributed by atoms with Gasteiger partial charge in [-0.1, -0.05) is 6.92 Å². The van der Waals surface area contributed by atoms with E-state index >= 15 is 0 Å². The molecule has 9 heavy (non-hydrogen) atoms. The van der Waals surface area contributed by atoms with E-state index in [2.05, 4.69) is 5.14 Å². The Hall–Kier alpha value is -0.170. The third-order valence-corrected chi connectivity index (χ3v) is 1.61. The van der Waals surface area contributed by atoms with Crippen molar-refractivity contribution in [2.45, 2.75) is 13.3 Å². The van der Waals surface area contributed by atoms with Gasteiger partial charge in [0.15, 0.2) is 0 Å². The number of nitrogens with two attached hydrogens (primary N) is 2. The minimum absolute atomic E-state index is 0.263. The van der Waals surface area contributed by atoms with Crippen LogP contribution in [0.15, 0.2) is 0 Å². The fraction of sp³-hybridized carbons (Fsp3) is 1.00. The molecule has 0 spiro atoms. The normalized spacial score (nSPS) is 12.4. The molecular formula is C3H11N3O2S. The molecule has 0 radical (unpaired) electrons. The Morgan fingerprint density at radius 3 is 2.11 bits per heavy atom. The highest BCUT2D eigenvalue weighted by Crippen LogP contribution is 1.85.